The molecule has 0 N–H and O–H groups in total. The lowest BCUT2D eigenvalue weighted by Gasteiger charge is -2.49. The molecule has 0 aromatic heterocycles. The SMILES string of the molecule is CC(C)N(C(C)C)C(c1ccc(C(F)(F)F)cc1)P(C1CCCCC1)C1CCCCC1. The molecule has 1 aromatic carbocycles. The third kappa shape index (κ3) is 6.26. The second-order valence-corrected chi connectivity index (χ2v) is 13.0. The normalized spacial score (nSPS) is 20.9. The number of benzene rings is 1. The molecule has 31 heavy (non-hydrogen) atoms. The first kappa shape index (κ1) is 25.0. The van der Waals surface area contributed by atoms with Crippen LogP contribution in [0.15, 0.2) is 24.3 Å². The van der Waals surface area contributed by atoms with Gasteiger partial charge in [-0.25, -0.2) is 0 Å². The molecule has 5 heteroatoms. The molecular weight excluding hydrogens is 414 g/mol. The predicted octanol–water partition coefficient (Wildman–Crippen LogP) is 8.97. The molecule has 2 fully saturated rings. The summed E-state index contributed by atoms with van der Waals surface area (Å²) in [5.74, 6) is 0.253. The minimum absolute atomic E-state index is 0.253. The van der Waals surface area contributed by atoms with Crippen molar-refractivity contribution in [3.05, 3.63) is 35.4 Å². The highest BCUT2D eigenvalue weighted by molar-refractivity contribution is 7.59. The maximum atomic E-state index is 13.3. The van der Waals surface area contributed by atoms with Crippen LogP contribution < -0.4 is 0 Å². The number of alkyl halides is 3. The van der Waals surface area contributed by atoms with Gasteiger partial charge < -0.3 is 0 Å². The molecule has 2 aliphatic carbocycles. The zero-order valence-corrected chi connectivity index (χ0v) is 20.7. The Hall–Kier alpha value is -0.600. The van der Waals surface area contributed by atoms with Crippen LogP contribution in [0.5, 0.6) is 0 Å². The lowest BCUT2D eigenvalue weighted by Crippen LogP contribution is -2.42. The third-order valence-electron chi connectivity index (χ3n) is 7.29. The number of hydrogen-bond donors (Lipinski definition) is 0. The summed E-state index contributed by atoms with van der Waals surface area (Å²) in [6.07, 6.45) is 8.92. The van der Waals surface area contributed by atoms with Gasteiger partial charge in [-0.3, -0.25) is 4.90 Å². The Balaban J connectivity index is 2.06. The first-order chi connectivity index (χ1) is 14.7. The lowest BCUT2D eigenvalue weighted by molar-refractivity contribution is -0.137. The molecule has 176 valence electrons. The molecule has 1 atom stereocenters. The van der Waals surface area contributed by atoms with Crippen LogP contribution in [0.4, 0.5) is 13.2 Å². The number of nitrogens with zero attached hydrogens (tertiary/aromatic N) is 1. The minimum atomic E-state index is -4.28. The van der Waals surface area contributed by atoms with Crippen molar-refractivity contribution in [1.82, 2.24) is 4.90 Å². The van der Waals surface area contributed by atoms with Gasteiger partial charge in [-0.05, 0) is 82.4 Å². The highest BCUT2D eigenvalue weighted by atomic mass is 31.1. The summed E-state index contributed by atoms with van der Waals surface area (Å²) in [6.45, 7) is 9.03. The summed E-state index contributed by atoms with van der Waals surface area (Å²) in [5.41, 5.74) is 2.08. The Morgan fingerprint density at radius 2 is 1.16 bits per heavy atom. The van der Waals surface area contributed by atoms with Crippen molar-refractivity contribution >= 4 is 7.92 Å². The summed E-state index contributed by atoms with van der Waals surface area (Å²) in [4.78, 5) is 2.62. The molecular formula is C26H41F3NP. The minimum Gasteiger partial charge on any atom is -0.288 e. The van der Waals surface area contributed by atoms with Crippen molar-refractivity contribution in [2.24, 2.45) is 0 Å². The van der Waals surface area contributed by atoms with Gasteiger partial charge in [0.05, 0.1) is 11.3 Å². The number of hydrogen-bond acceptors (Lipinski definition) is 1. The average molecular weight is 456 g/mol. The highest BCUT2D eigenvalue weighted by Gasteiger charge is 2.41. The molecule has 1 unspecified atom stereocenters. The Labute approximate surface area is 188 Å². The van der Waals surface area contributed by atoms with Crippen LogP contribution in [0.2, 0.25) is 0 Å². The molecule has 2 aliphatic rings. The van der Waals surface area contributed by atoms with E-state index in [0.717, 1.165) is 16.9 Å². The van der Waals surface area contributed by atoms with Gasteiger partial charge in [-0.15, -0.1) is 0 Å². The average Bonchev–Trinajstić information content (AvgIpc) is 2.74. The Morgan fingerprint density at radius 3 is 1.52 bits per heavy atom. The van der Waals surface area contributed by atoms with E-state index in [1.165, 1.54) is 76.3 Å². The van der Waals surface area contributed by atoms with Crippen LogP contribution in [0.3, 0.4) is 0 Å². The predicted molar refractivity (Wildman–Crippen MR) is 127 cm³/mol. The Kier molecular flexibility index (Phi) is 8.89. The van der Waals surface area contributed by atoms with Crippen LogP contribution >= 0.6 is 7.92 Å². The van der Waals surface area contributed by atoms with Gasteiger partial charge in [0.2, 0.25) is 0 Å². The fourth-order valence-electron chi connectivity index (χ4n) is 5.96. The van der Waals surface area contributed by atoms with Crippen LogP contribution in [-0.4, -0.2) is 28.3 Å². The largest absolute Gasteiger partial charge is 0.416 e. The fourth-order valence-corrected chi connectivity index (χ4v) is 10.6. The van der Waals surface area contributed by atoms with Crippen molar-refractivity contribution in [2.75, 3.05) is 0 Å². The molecule has 2 saturated carbocycles. The highest BCUT2D eigenvalue weighted by Crippen LogP contribution is 2.66. The van der Waals surface area contributed by atoms with Gasteiger partial charge >= 0.3 is 6.18 Å². The smallest absolute Gasteiger partial charge is 0.288 e. The standard InChI is InChI=1S/C26H41F3NP/c1-19(2)30(20(3)4)25(21-15-17-22(18-16-21)26(27,28)29)31(23-11-7-5-8-12-23)24-13-9-6-10-14-24/h15-20,23-25H,5-14H2,1-4H3. The second-order valence-electron chi connectivity index (χ2n) is 10.2. The molecule has 1 aromatic rings. The number of halogens is 3. The molecule has 0 aliphatic heterocycles. The number of rotatable bonds is 7. The fraction of sp³-hybridized carbons (Fsp3) is 0.769. The van der Waals surface area contributed by atoms with E-state index in [1.54, 1.807) is 12.1 Å². The summed E-state index contributed by atoms with van der Waals surface area (Å²) >= 11 is 0. The van der Waals surface area contributed by atoms with E-state index in [4.69, 9.17) is 0 Å². The van der Waals surface area contributed by atoms with Crippen LogP contribution in [0.25, 0.3) is 0 Å². The van der Waals surface area contributed by atoms with Gasteiger partial charge in [0.25, 0.3) is 0 Å². The Bertz CT molecular complexity index is 632. The van der Waals surface area contributed by atoms with Crippen molar-refractivity contribution < 1.29 is 13.2 Å². The molecule has 0 heterocycles. The van der Waals surface area contributed by atoms with Crippen molar-refractivity contribution in [3.8, 4) is 0 Å². The van der Waals surface area contributed by atoms with Gasteiger partial charge in [0.15, 0.2) is 0 Å². The van der Waals surface area contributed by atoms with Gasteiger partial charge in [-0.1, -0.05) is 58.6 Å². The first-order valence-electron chi connectivity index (χ1n) is 12.4. The van der Waals surface area contributed by atoms with Gasteiger partial charge in [0, 0.05) is 12.1 Å². The molecule has 0 amide bonds. The maximum Gasteiger partial charge on any atom is 0.416 e. The maximum absolute atomic E-state index is 13.3. The topological polar surface area (TPSA) is 3.24 Å². The van der Waals surface area contributed by atoms with E-state index < -0.39 is 11.7 Å². The first-order valence-corrected chi connectivity index (χ1v) is 14.0. The molecule has 0 saturated heterocycles. The van der Waals surface area contributed by atoms with Gasteiger partial charge in [-0.2, -0.15) is 13.2 Å². The summed E-state index contributed by atoms with van der Waals surface area (Å²) in [6, 6.07) is 6.96. The second kappa shape index (κ2) is 11.0. The van der Waals surface area contributed by atoms with Crippen molar-refractivity contribution in [2.45, 2.75) is 127 Å². The molecule has 3 rings (SSSR count). The lowest BCUT2D eigenvalue weighted by atomic mass is 9.99. The quantitative estimate of drug-likeness (QED) is 0.371. The molecule has 1 nitrogen and oxygen atoms in total. The van der Waals surface area contributed by atoms with Crippen LogP contribution in [-0.2, 0) is 6.18 Å². The van der Waals surface area contributed by atoms with Crippen molar-refractivity contribution in [3.63, 3.8) is 0 Å². The molecule has 0 spiro atoms. The van der Waals surface area contributed by atoms with E-state index in [0.29, 0.717) is 12.1 Å². The van der Waals surface area contributed by atoms with Gasteiger partial charge in [0.1, 0.15) is 0 Å². The zero-order valence-electron chi connectivity index (χ0n) is 19.8. The monoisotopic (exact) mass is 455 g/mol. The zero-order chi connectivity index (χ0) is 22.6. The Morgan fingerprint density at radius 1 is 0.742 bits per heavy atom. The van der Waals surface area contributed by atoms with E-state index in [1.807, 2.05) is 0 Å². The summed E-state index contributed by atoms with van der Waals surface area (Å²) < 4.78 is 39.8. The van der Waals surface area contributed by atoms with Crippen molar-refractivity contribution in [1.29, 1.82) is 0 Å². The van der Waals surface area contributed by atoms with Crippen LogP contribution in [0, 0.1) is 0 Å². The van der Waals surface area contributed by atoms with E-state index in [2.05, 4.69) is 32.6 Å². The molecule has 0 radical (unpaired) electrons. The van der Waals surface area contributed by atoms with Crippen LogP contribution in [0.1, 0.15) is 109 Å². The van der Waals surface area contributed by atoms with E-state index in [-0.39, 0.29) is 13.7 Å². The third-order valence-corrected chi connectivity index (χ3v) is 11.1. The van der Waals surface area contributed by atoms with E-state index >= 15 is 0 Å². The summed E-state index contributed by atoms with van der Waals surface area (Å²) in [7, 11) is -0.334. The molecule has 0 bridgehead atoms. The van der Waals surface area contributed by atoms with E-state index in [9.17, 15) is 13.2 Å². The summed E-state index contributed by atoms with van der Waals surface area (Å²) in [5, 5.41) is 0.